The smallest absolute Gasteiger partial charge is 0.130 e. The van der Waals surface area contributed by atoms with E-state index in [0.29, 0.717) is 5.02 Å². The molecule has 3 rings (SSSR count). The van der Waals surface area contributed by atoms with Gasteiger partial charge in [-0.15, -0.1) is 0 Å². The Labute approximate surface area is 92.2 Å². The number of aldehydes is 1. The highest BCUT2D eigenvalue weighted by atomic mass is 35.5. The summed E-state index contributed by atoms with van der Waals surface area (Å²) in [5.74, 6) is 0. The molecule has 3 heteroatoms. The van der Waals surface area contributed by atoms with Gasteiger partial charge in [-0.1, -0.05) is 17.7 Å². The summed E-state index contributed by atoms with van der Waals surface area (Å²) in [4.78, 5) is 14.2. The molecule has 0 radical (unpaired) electrons. The largest absolute Gasteiger partial charge is 0.361 e. The molecule has 1 aromatic heterocycles. The number of halogens is 1. The van der Waals surface area contributed by atoms with Crippen molar-refractivity contribution in [2.24, 2.45) is 0 Å². The summed E-state index contributed by atoms with van der Waals surface area (Å²) in [7, 11) is 0. The Hall–Kier alpha value is -1.28. The molecule has 0 amide bonds. The number of nitrogens with one attached hydrogen (secondary N) is 1. The maximum atomic E-state index is 11.1. The van der Waals surface area contributed by atoms with E-state index < -0.39 is 0 Å². The summed E-state index contributed by atoms with van der Waals surface area (Å²) < 4.78 is 0. The second-order valence-electron chi connectivity index (χ2n) is 4.17. The van der Waals surface area contributed by atoms with Gasteiger partial charge in [-0.05, 0) is 30.5 Å². The van der Waals surface area contributed by atoms with Gasteiger partial charge in [0.2, 0.25) is 0 Å². The molecule has 0 unspecified atom stereocenters. The van der Waals surface area contributed by atoms with Gasteiger partial charge in [0, 0.05) is 22.1 Å². The lowest BCUT2D eigenvalue weighted by Gasteiger charge is -2.04. The van der Waals surface area contributed by atoms with E-state index in [4.69, 9.17) is 11.6 Å². The van der Waals surface area contributed by atoms with Crippen LogP contribution in [0.3, 0.4) is 0 Å². The van der Waals surface area contributed by atoms with Crippen molar-refractivity contribution in [3.8, 4) is 0 Å². The van der Waals surface area contributed by atoms with Crippen LogP contribution in [0.5, 0.6) is 0 Å². The van der Waals surface area contributed by atoms with Crippen molar-refractivity contribution in [1.29, 1.82) is 0 Å². The monoisotopic (exact) mass is 219 g/mol. The third kappa shape index (κ3) is 1.21. The Balaban J connectivity index is 2.25. The van der Waals surface area contributed by atoms with Crippen molar-refractivity contribution in [3.05, 3.63) is 35.0 Å². The molecule has 15 heavy (non-hydrogen) atoms. The fourth-order valence-corrected chi connectivity index (χ4v) is 2.27. The van der Waals surface area contributed by atoms with Gasteiger partial charge in [0.1, 0.15) is 6.29 Å². The van der Waals surface area contributed by atoms with E-state index >= 15 is 0 Å². The van der Waals surface area contributed by atoms with Crippen LogP contribution in [0.1, 0.15) is 18.4 Å². The molecule has 0 atom stereocenters. The van der Waals surface area contributed by atoms with Crippen molar-refractivity contribution in [2.75, 3.05) is 0 Å². The third-order valence-electron chi connectivity index (χ3n) is 3.19. The van der Waals surface area contributed by atoms with E-state index in [0.717, 1.165) is 35.6 Å². The Morgan fingerprint density at radius 2 is 2.20 bits per heavy atom. The Bertz CT molecular complexity index is 540. The molecule has 1 aromatic carbocycles. The van der Waals surface area contributed by atoms with Gasteiger partial charge < -0.3 is 9.78 Å². The molecule has 1 N–H and O–H groups in total. The van der Waals surface area contributed by atoms with Gasteiger partial charge in [-0.3, -0.25) is 0 Å². The second kappa shape index (κ2) is 2.86. The highest BCUT2D eigenvalue weighted by Gasteiger charge is 2.45. The average molecular weight is 220 g/mol. The Kier molecular flexibility index (Phi) is 1.71. The first-order valence-corrected chi connectivity index (χ1v) is 5.36. The lowest BCUT2D eigenvalue weighted by atomic mass is 9.97. The Morgan fingerprint density at radius 3 is 2.87 bits per heavy atom. The van der Waals surface area contributed by atoms with Crippen LogP contribution in [0, 0.1) is 0 Å². The van der Waals surface area contributed by atoms with Gasteiger partial charge in [0.05, 0.1) is 5.41 Å². The molecule has 0 saturated heterocycles. The summed E-state index contributed by atoms with van der Waals surface area (Å²) in [5.41, 5.74) is 1.90. The summed E-state index contributed by atoms with van der Waals surface area (Å²) in [6, 6.07) is 5.73. The lowest BCUT2D eigenvalue weighted by Crippen LogP contribution is -2.06. The number of carbonyl (C=O) groups excluding carboxylic acids is 1. The van der Waals surface area contributed by atoms with Crippen LogP contribution >= 0.6 is 11.6 Å². The van der Waals surface area contributed by atoms with Gasteiger partial charge in [-0.2, -0.15) is 0 Å². The second-order valence-corrected chi connectivity index (χ2v) is 4.60. The van der Waals surface area contributed by atoms with Crippen molar-refractivity contribution < 1.29 is 4.79 Å². The van der Waals surface area contributed by atoms with Crippen LogP contribution in [0.25, 0.3) is 10.9 Å². The number of hydrogen-bond acceptors (Lipinski definition) is 1. The molecule has 2 aromatic rings. The third-order valence-corrected chi connectivity index (χ3v) is 3.43. The SMILES string of the molecule is O=CC1(c2c[nH]c3cc(Cl)ccc23)CC1. The van der Waals surface area contributed by atoms with Crippen molar-refractivity contribution >= 4 is 28.8 Å². The number of rotatable bonds is 2. The number of H-pyrrole nitrogens is 1. The zero-order valence-electron chi connectivity index (χ0n) is 8.09. The number of fused-ring (bicyclic) bond motifs is 1. The van der Waals surface area contributed by atoms with Crippen LogP contribution in [0.15, 0.2) is 24.4 Å². The fourth-order valence-electron chi connectivity index (χ4n) is 2.10. The molecule has 0 bridgehead atoms. The maximum absolute atomic E-state index is 11.1. The van der Waals surface area contributed by atoms with Gasteiger partial charge >= 0.3 is 0 Å². The number of aromatic nitrogens is 1. The minimum absolute atomic E-state index is 0.216. The predicted molar refractivity (Wildman–Crippen MR) is 60.3 cm³/mol. The van der Waals surface area contributed by atoms with Crippen molar-refractivity contribution in [2.45, 2.75) is 18.3 Å². The first kappa shape index (κ1) is 8.98. The standard InChI is InChI=1S/C12H10ClNO/c13-8-1-2-9-10(6-14-11(9)5-8)12(7-15)3-4-12/h1-2,5-7,14H,3-4H2. The molecule has 1 aliphatic carbocycles. The highest BCUT2D eigenvalue weighted by molar-refractivity contribution is 6.31. The zero-order valence-corrected chi connectivity index (χ0v) is 8.84. The number of benzene rings is 1. The molecule has 0 spiro atoms. The molecule has 1 heterocycles. The van der Waals surface area contributed by atoms with E-state index in [2.05, 4.69) is 4.98 Å². The van der Waals surface area contributed by atoms with E-state index in [1.165, 1.54) is 0 Å². The van der Waals surface area contributed by atoms with Gasteiger partial charge in [0.15, 0.2) is 0 Å². The first-order valence-electron chi connectivity index (χ1n) is 4.99. The molecule has 1 aliphatic rings. The Morgan fingerprint density at radius 1 is 1.40 bits per heavy atom. The molecular weight excluding hydrogens is 210 g/mol. The average Bonchev–Trinajstić information content (AvgIpc) is 2.93. The minimum Gasteiger partial charge on any atom is -0.361 e. The van der Waals surface area contributed by atoms with E-state index in [-0.39, 0.29) is 5.41 Å². The van der Waals surface area contributed by atoms with Crippen LogP contribution in [-0.2, 0) is 10.2 Å². The molecule has 2 nitrogen and oxygen atoms in total. The molecule has 76 valence electrons. The molecule has 0 aliphatic heterocycles. The summed E-state index contributed by atoms with van der Waals surface area (Å²) >= 11 is 5.90. The molecular formula is C12H10ClNO. The first-order chi connectivity index (χ1) is 7.25. The highest BCUT2D eigenvalue weighted by Crippen LogP contribution is 2.48. The molecule has 1 fully saturated rings. The maximum Gasteiger partial charge on any atom is 0.130 e. The van der Waals surface area contributed by atoms with E-state index in [1.807, 2.05) is 24.4 Å². The lowest BCUT2D eigenvalue weighted by molar-refractivity contribution is -0.109. The fraction of sp³-hybridized carbons (Fsp3) is 0.250. The van der Waals surface area contributed by atoms with Crippen molar-refractivity contribution in [1.82, 2.24) is 4.98 Å². The van der Waals surface area contributed by atoms with Crippen LogP contribution < -0.4 is 0 Å². The predicted octanol–water partition coefficient (Wildman–Crippen LogP) is 3.05. The topological polar surface area (TPSA) is 32.9 Å². The summed E-state index contributed by atoms with van der Waals surface area (Å²) in [6.45, 7) is 0. The number of hydrogen-bond donors (Lipinski definition) is 1. The number of aromatic amines is 1. The zero-order chi connectivity index (χ0) is 10.5. The van der Waals surface area contributed by atoms with E-state index in [1.54, 1.807) is 0 Å². The van der Waals surface area contributed by atoms with Gasteiger partial charge in [-0.25, -0.2) is 0 Å². The van der Waals surface area contributed by atoms with Crippen molar-refractivity contribution in [3.63, 3.8) is 0 Å². The van der Waals surface area contributed by atoms with Crippen LogP contribution in [-0.4, -0.2) is 11.3 Å². The van der Waals surface area contributed by atoms with Gasteiger partial charge in [0.25, 0.3) is 0 Å². The minimum atomic E-state index is -0.216. The van der Waals surface area contributed by atoms with Crippen LogP contribution in [0.2, 0.25) is 5.02 Å². The summed E-state index contributed by atoms with van der Waals surface area (Å²) in [5, 5.41) is 1.83. The van der Waals surface area contributed by atoms with E-state index in [9.17, 15) is 4.79 Å². The normalized spacial score (nSPS) is 17.9. The molecule has 1 saturated carbocycles. The number of carbonyl (C=O) groups is 1. The van der Waals surface area contributed by atoms with Crippen LogP contribution in [0.4, 0.5) is 0 Å². The summed E-state index contributed by atoms with van der Waals surface area (Å²) in [6.07, 6.45) is 4.94. The quantitative estimate of drug-likeness (QED) is 0.774.